The van der Waals surface area contributed by atoms with Crippen molar-refractivity contribution in [2.24, 2.45) is 5.73 Å². The van der Waals surface area contributed by atoms with Gasteiger partial charge >= 0.3 is 6.03 Å². The van der Waals surface area contributed by atoms with Gasteiger partial charge in [0.25, 0.3) is 0 Å². The summed E-state index contributed by atoms with van der Waals surface area (Å²) >= 11 is 0. The first-order chi connectivity index (χ1) is 14.0. The zero-order valence-corrected chi connectivity index (χ0v) is 15.4. The average molecular weight is 397 g/mol. The zero-order chi connectivity index (χ0) is 20.8. The van der Waals surface area contributed by atoms with E-state index in [2.05, 4.69) is 15.7 Å². The summed E-state index contributed by atoms with van der Waals surface area (Å²) in [6, 6.07) is 13.9. The predicted octanol–water partition coefficient (Wildman–Crippen LogP) is 1.82. The zero-order valence-electron chi connectivity index (χ0n) is 15.4. The van der Waals surface area contributed by atoms with Crippen molar-refractivity contribution in [1.29, 1.82) is 0 Å². The third-order valence-corrected chi connectivity index (χ3v) is 4.06. The number of carbonyl (C=O) groups is 2. The first-order valence-corrected chi connectivity index (χ1v) is 8.86. The molecule has 0 saturated heterocycles. The van der Waals surface area contributed by atoms with Gasteiger partial charge in [-0.25, -0.2) is 13.9 Å². The maximum Gasteiger partial charge on any atom is 0.317 e. The summed E-state index contributed by atoms with van der Waals surface area (Å²) in [6.45, 7) is 0.0381. The Morgan fingerprint density at radius 1 is 1.14 bits per heavy atom. The van der Waals surface area contributed by atoms with E-state index in [-0.39, 0.29) is 36.9 Å². The van der Waals surface area contributed by atoms with Crippen molar-refractivity contribution in [3.05, 3.63) is 66.0 Å². The molecule has 0 aliphatic heterocycles. The molecule has 0 atom stereocenters. The number of hydrogen-bond donors (Lipinski definition) is 4. The van der Waals surface area contributed by atoms with Gasteiger partial charge in [-0.15, -0.1) is 0 Å². The number of aromatic nitrogens is 2. The van der Waals surface area contributed by atoms with Gasteiger partial charge in [-0.05, 0) is 29.8 Å². The van der Waals surface area contributed by atoms with Gasteiger partial charge in [0.2, 0.25) is 5.91 Å². The molecule has 2 aromatic carbocycles. The van der Waals surface area contributed by atoms with Gasteiger partial charge < -0.3 is 16.2 Å². The molecule has 3 amide bonds. The number of hydrogen-bond acceptors (Lipinski definition) is 4. The number of urea groups is 1. The Bertz CT molecular complexity index is 1030. The van der Waals surface area contributed by atoms with Crippen LogP contribution in [-0.4, -0.2) is 40.0 Å². The minimum atomic E-state index is -0.786. The molecule has 150 valence electrons. The quantitative estimate of drug-likeness (QED) is 0.486. The molecule has 1 aromatic heterocycles. The van der Waals surface area contributed by atoms with Gasteiger partial charge in [0.1, 0.15) is 11.6 Å². The van der Waals surface area contributed by atoms with Gasteiger partial charge in [0.15, 0.2) is 0 Å². The number of amides is 3. The molecule has 0 bridgehead atoms. The third kappa shape index (κ3) is 4.96. The highest BCUT2D eigenvalue weighted by atomic mass is 19.1. The van der Waals surface area contributed by atoms with Crippen molar-refractivity contribution < 1.29 is 19.1 Å². The number of rotatable bonds is 7. The fraction of sp³-hybridized carbons (Fsp3) is 0.150. The highest BCUT2D eigenvalue weighted by molar-refractivity contribution is 5.88. The molecule has 0 spiro atoms. The molecule has 8 nitrogen and oxygen atoms in total. The van der Waals surface area contributed by atoms with Crippen LogP contribution in [0.1, 0.15) is 5.56 Å². The molecule has 3 rings (SSSR count). The van der Waals surface area contributed by atoms with Crippen molar-refractivity contribution in [2.45, 2.75) is 6.42 Å². The van der Waals surface area contributed by atoms with Gasteiger partial charge in [0.05, 0.1) is 24.4 Å². The van der Waals surface area contributed by atoms with Crippen LogP contribution in [0.25, 0.3) is 16.9 Å². The molecule has 9 heteroatoms. The fourth-order valence-electron chi connectivity index (χ4n) is 2.84. The summed E-state index contributed by atoms with van der Waals surface area (Å²) in [5.74, 6) is -0.422. The lowest BCUT2D eigenvalue weighted by Crippen LogP contribution is -2.27. The van der Waals surface area contributed by atoms with Gasteiger partial charge in [-0.1, -0.05) is 24.3 Å². The monoisotopic (exact) mass is 397 g/mol. The van der Waals surface area contributed by atoms with Crippen LogP contribution in [0.5, 0.6) is 0 Å². The number of aliphatic hydroxyl groups is 1. The summed E-state index contributed by atoms with van der Waals surface area (Å²) < 4.78 is 15.6. The van der Waals surface area contributed by atoms with Crippen LogP contribution in [0.15, 0.2) is 54.6 Å². The average Bonchev–Trinajstić information content (AvgIpc) is 3.09. The number of anilines is 1. The maximum atomic E-state index is 14.2. The molecule has 3 aromatic rings. The van der Waals surface area contributed by atoms with Crippen molar-refractivity contribution in [3.8, 4) is 16.9 Å². The first-order valence-electron chi connectivity index (χ1n) is 8.86. The van der Waals surface area contributed by atoms with Crippen molar-refractivity contribution in [3.63, 3.8) is 0 Å². The largest absolute Gasteiger partial charge is 0.395 e. The van der Waals surface area contributed by atoms with Crippen molar-refractivity contribution in [2.75, 3.05) is 18.5 Å². The first kappa shape index (κ1) is 20.0. The summed E-state index contributed by atoms with van der Waals surface area (Å²) in [5, 5.41) is 18.3. The lowest BCUT2D eigenvalue weighted by Gasteiger charge is -2.09. The topological polar surface area (TPSA) is 122 Å². The van der Waals surface area contributed by atoms with Crippen molar-refractivity contribution >= 4 is 17.8 Å². The third-order valence-electron chi connectivity index (χ3n) is 4.06. The van der Waals surface area contributed by atoms with Gasteiger partial charge in [0, 0.05) is 18.2 Å². The van der Waals surface area contributed by atoms with Crippen molar-refractivity contribution in [1.82, 2.24) is 15.1 Å². The summed E-state index contributed by atoms with van der Waals surface area (Å²) in [5.41, 5.74) is 7.11. The highest BCUT2D eigenvalue weighted by Gasteiger charge is 2.15. The number of carbonyl (C=O) groups excluding carboxylic acids is 2. The standard InChI is InChI=1S/C20H20FN5O3/c21-16-7-2-1-6-15(16)17-12-18(24-20(22)29)26(25-17)14-5-3-4-13(10-14)11-19(28)23-8-9-27/h1-7,10,12,27H,8-9,11H2,(H,23,28)(H3,22,24,29). The summed E-state index contributed by atoms with van der Waals surface area (Å²) in [4.78, 5) is 23.3. The molecule has 0 radical (unpaired) electrons. The number of primary amides is 1. The molecule has 0 unspecified atom stereocenters. The summed E-state index contributed by atoms with van der Waals surface area (Å²) in [7, 11) is 0. The minimum Gasteiger partial charge on any atom is -0.395 e. The number of aliphatic hydroxyl groups excluding tert-OH is 1. The van der Waals surface area contributed by atoms with Gasteiger partial charge in [-0.2, -0.15) is 5.10 Å². The van der Waals surface area contributed by atoms with E-state index >= 15 is 0 Å². The molecule has 1 heterocycles. The van der Waals surface area contributed by atoms with Crippen LogP contribution in [0.2, 0.25) is 0 Å². The van der Waals surface area contributed by atoms with Crippen LogP contribution >= 0.6 is 0 Å². The second-order valence-electron chi connectivity index (χ2n) is 6.22. The number of nitrogens with two attached hydrogens (primary N) is 1. The van der Waals surface area contributed by atoms with Gasteiger partial charge in [-0.3, -0.25) is 10.1 Å². The molecule has 0 saturated carbocycles. The normalized spacial score (nSPS) is 10.6. The molecule has 0 aliphatic rings. The summed E-state index contributed by atoms with van der Waals surface area (Å²) in [6.07, 6.45) is 0.105. The Kier molecular flexibility index (Phi) is 6.20. The molecule has 29 heavy (non-hydrogen) atoms. The Balaban J connectivity index is 1.97. The number of nitrogens with zero attached hydrogens (tertiary/aromatic N) is 2. The van der Waals surface area contributed by atoms with E-state index in [1.54, 1.807) is 42.5 Å². The second-order valence-corrected chi connectivity index (χ2v) is 6.22. The van der Waals surface area contributed by atoms with E-state index in [4.69, 9.17) is 10.8 Å². The molecule has 5 N–H and O–H groups in total. The number of nitrogens with one attached hydrogen (secondary N) is 2. The van der Waals surface area contributed by atoms with E-state index < -0.39 is 11.8 Å². The number of benzene rings is 2. The SMILES string of the molecule is NC(=O)Nc1cc(-c2ccccc2F)nn1-c1cccc(CC(=O)NCCO)c1. The van der Waals surface area contributed by atoms with Crippen LogP contribution in [-0.2, 0) is 11.2 Å². The Morgan fingerprint density at radius 3 is 2.66 bits per heavy atom. The second kappa shape index (κ2) is 8.98. The minimum absolute atomic E-state index is 0.105. The van der Waals surface area contributed by atoms with E-state index in [0.717, 1.165) is 0 Å². The predicted molar refractivity (Wildman–Crippen MR) is 106 cm³/mol. The lowest BCUT2D eigenvalue weighted by molar-refractivity contribution is -0.120. The molecular formula is C20H20FN5O3. The van der Waals surface area contributed by atoms with Crippen LogP contribution in [0, 0.1) is 5.82 Å². The van der Waals surface area contributed by atoms with E-state index in [1.807, 2.05) is 0 Å². The smallest absolute Gasteiger partial charge is 0.317 e. The highest BCUT2D eigenvalue weighted by Crippen LogP contribution is 2.27. The molecule has 0 fully saturated rings. The Labute approximate surface area is 166 Å². The molecule has 0 aliphatic carbocycles. The van der Waals surface area contributed by atoms with E-state index in [0.29, 0.717) is 16.9 Å². The Morgan fingerprint density at radius 2 is 1.93 bits per heavy atom. The lowest BCUT2D eigenvalue weighted by atomic mass is 10.1. The maximum absolute atomic E-state index is 14.2. The number of halogens is 1. The van der Waals surface area contributed by atoms with Crippen LogP contribution in [0.3, 0.4) is 0 Å². The van der Waals surface area contributed by atoms with Crippen LogP contribution in [0.4, 0.5) is 15.0 Å². The Hall–Kier alpha value is -3.72. The van der Waals surface area contributed by atoms with E-state index in [1.165, 1.54) is 16.8 Å². The molecular weight excluding hydrogens is 377 g/mol. The fourth-order valence-corrected chi connectivity index (χ4v) is 2.84. The van der Waals surface area contributed by atoms with Crippen LogP contribution < -0.4 is 16.4 Å². The van der Waals surface area contributed by atoms with E-state index in [9.17, 15) is 14.0 Å².